The normalized spacial score (nSPS) is 13.8. The Morgan fingerprint density at radius 3 is 2.19 bits per heavy atom. The highest BCUT2D eigenvalue weighted by atomic mass is 32.2. The number of thiazole rings is 1. The van der Waals surface area contributed by atoms with Crippen LogP contribution in [0.4, 0.5) is 5.95 Å². The van der Waals surface area contributed by atoms with E-state index in [9.17, 15) is 18.0 Å². The van der Waals surface area contributed by atoms with E-state index in [4.69, 9.17) is 0 Å². The van der Waals surface area contributed by atoms with Gasteiger partial charge in [-0.1, -0.05) is 35.6 Å². The summed E-state index contributed by atoms with van der Waals surface area (Å²) in [4.78, 5) is 32.1. The van der Waals surface area contributed by atoms with Crippen LogP contribution in [0.5, 0.6) is 0 Å². The summed E-state index contributed by atoms with van der Waals surface area (Å²) in [5, 5.41) is 4.21. The van der Waals surface area contributed by atoms with E-state index in [1.54, 1.807) is 40.9 Å². The monoisotopic (exact) mass is 467 g/mol. The third-order valence-corrected chi connectivity index (χ3v) is 7.72. The van der Waals surface area contributed by atoms with E-state index in [2.05, 4.69) is 14.8 Å². The number of anilines is 1. The molecule has 0 aliphatic carbocycles. The number of hydrogen-bond donors (Lipinski definition) is 1. The minimum absolute atomic E-state index is 0.00514. The molecule has 3 heterocycles. The van der Waals surface area contributed by atoms with Crippen molar-refractivity contribution in [1.82, 2.24) is 19.5 Å². The second-order valence-corrected chi connectivity index (χ2v) is 10.2. The molecule has 2 amide bonds. The lowest BCUT2D eigenvalue weighted by atomic mass is 10.1. The number of aryl methyl sites for hydroxylation is 2. The molecule has 2 aromatic heterocycles. The summed E-state index contributed by atoms with van der Waals surface area (Å²) in [7, 11) is -3.90. The van der Waals surface area contributed by atoms with E-state index in [-0.39, 0.29) is 29.2 Å². The summed E-state index contributed by atoms with van der Waals surface area (Å²) in [6.07, 6.45) is 0. The Kier molecular flexibility index (Phi) is 4.60. The molecule has 0 bridgehead atoms. The number of hydrogen-bond acceptors (Lipinski definition) is 7. The van der Waals surface area contributed by atoms with Gasteiger partial charge in [0, 0.05) is 4.88 Å². The van der Waals surface area contributed by atoms with Crippen molar-refractivity contribution >= 4 is 44.1 Å². The van der Waals surface area contributed by atoms with E-state index < -0.39 is 10.0 Å². The summed E-state index contributed by atoms with van der Waals surface area (Å²) < 4.78 is 29.5. The minimum Gasteiger partial charge on any atom is -0.270 e. The topological polar surface area (TPSA) is 114 Å². The fourth-order valence-electron chi connectivity index (χ4n) is 3.50. The van der Waals surface area contributed by atoms with Gasteiger partial charge in [-0.05, 0) is 43.7 Å². The Morgan fingerprint density at radius 1 is 0.969 bits per heavy atom. The van der Waals surface area contributed by atoms with Crippen LogP contribution in [0, 0.1) is 13.8 Å². The fourth-order valence-corrected chi connectivity index (χ4v) is 5.35. The smallest absolute Gasteiger partial charge is 0.264 e. The SMILES string of the molecule is Cc1sc2nc(NS(=O)(=O)c3ccc(CN4C(=O)c5ccccc5C4=O)cc3)nn2c1C. The summed E-state index contributed by atoms with van der Waals surface area (Å²) in [6.45, 7) is 3.89. The average molecular weight is 468 g/mol. The third-order valence-electron chi connectivity index (χ3n) is 5.33. The molecule has 162 valence electrons. The van der Waals surface area contributed by atoms with Crippen LogP contribution in [-0.4, -0.2) is 39.7 Å². The van der Waals surface area contributed by atoms with Crippen LogP contribution in [0.2, 0.25) is 0 Å². The molecule has 0 spiro atoms. The molecule has 0 radical (unpaired) electrons. The Hall–Kier alpha value is -3.57. The Bertz CT molecular complexity index is 1470. The van der Waals surface area contributed by atoms with Gasteiger partial charge in [0.25, 0.3) is 27.8 Å². The number of sulfonamides is 1. The number of nitrogens with zero attached hydrogens (tertiary/aromatic N) is 4. The molecule has 5 rings (SSSR count). The zero-order chi connectivity index (χ0) is 22.6. The van der Waals surface area contributed by atoms with Crippen molar-refractivity contribution in [3.63, 3.8) is 0 Å². The van der Waals surface area contributed by atoms with Crippen molar-refractivity contribution in [2.24, 2.45) is 0 Å². The number of fused-ring (bicyclic) bond motifs is 2. The standard InChI is InChI=1S/C21H17N5O4S2/c1-12-13(2)31-21-22-20(23-26(12)21)24-32(29,30)15-9-7-14(8-10-15)11-25-18(27)16-5-3-4-6-17(16)19(25)28/h3-10H,11H2,1-2H3,(H,23,24). The van der Waals surface area contributed by atoms with E-state index in [1.807, 2.05) is 13.8 Å². The fraction of sp³-hybridized carbons (Fsp3) is 0.143. The zero-order valence-electron chi connectivity index (χ0n) is 17.1. The molecule has 0 unspecified atom stereocenters. The number of imide groups is 1. The van der Waals surface area contributed by atoms with Gasteiger partial charge in [-0.15, -0.1) is 5.10 Å². The summed E-state index contributed by atoms with van der Waals surface area (Å²) in [5.41, 5.74) is 2.28. The first-order chi connectivity index (χ1) is 15.2. The average Bonchev–Trinajstić information content (AvgIpc) is 3.35. The molecule has 0 atom stereocenters. The van der Waals surface area contributed by atoms with Crippen molar-refractivity contribution in [3.05, 3.63) is 75.8 Å². The predicted molar refractivity (Wildman–Crippen MR) is 118 cm³/mol. The van der Waals surface area contributed by atoms with Crippen LogP contribution in [0.25, 0.3) is 4.96 Å². The molecule has 0 saturated heterocycles. The van der Waals surface area contributed by atoms with Gasteiger partial charge in [0.05, 0.1) is 28.3 Å². The molecule has 4 aromatic rings. The summed E-state index contributed by atoms with van der Waals surface area (Å²) in [6, 6.07) is 12.6. The van der Waals surface area contributed by atoms with Crippen molar-refractivity contribution in [3.8, 4) is 0 Å². The first kappa shape index (κ1) is 20.3. The van der Waals surface area contributed by atoms with E-state index in [1.165, 1.54) is 23.5 Å². The zero-order valence-corrected chi connectivity index (χ0v) is 18.7. The number of aromatic nitrogens is 3. The molecule has 1 N–H and O–H groups in total. The quantitative estimate of drug-likeness (QED) is 0.452. The first-order valence-corrected chi connectivity index (χ1v) is 11.9. The molecule has 9 nitrogen and oxygen atoms in total. The Balaban J connectivity index is 1.33. The number of rotatable bonds is 5. The van der Waals surface area contributed by atoms with Crippen molar-refractivity contribution in [1.29, 1.82) is 0 Å². The van der Waals surface area contributed by atoms with Gasteiger partial charge < -0.3 is 0 Å². The second-order valence-electron chi connectivity index (χ2n) is 7.36. The van der Waals surface area contributed by atoms with E-state index >= 15 is 0 Å². The van der Waals surface area contributed by atoms with Crippen LogP contribution in [0.3, 0.4) is 0 Å². The first-order valence-electron chi connectivity index (χ1n) is 9.64. The second kappa shape index (κ2) is 7.24. The summed E-state index contributed by atoms with van der Waals surface area (Å²) >= 11 is 1.43. The molecule has 11 heteroatoms. The molecule has 0 fully saturated rings. The number of nitrogens with one attached hydrogen (secondary N) is 1. The minimum atomic E-state index is -3.90. The highest BCUT2D eigenvalue weighted by molar-refractivity contribution is 7.92. The maximum absolute atomic E-state index is 12.7. The van der Waals surface area contributed by atoms with Gasteiger partial charge in [0.1, 0.15) is 0 Å². The van der Waals surface area contributed by atoms with Gasteiger partial charge in [-0.2, -0.15) is 4.98 Å². The number of carbonyl (C=O) groups excluding carboxylic acids is 2. The molecule has 1 aliphatic rings. The maximum atomic E-state index is 12.7. The lowest BCUT2D eigenvalue weighted by molar-refractivity contribution is 0.0642. The molecule has 2 aromatic carbocycles. The molecule has 1 aliphatic heterocycles. The van der Waals surface area contributed by atoms with Gasteiger partial charge in [0.15, 0.2) is 0 Å². The van der Waals surface area contributed by atoms with Crippen LogP contribution >= 0.6 is 11.3 Å². The van der Waals surface area contributed by atoms with Gasteiger partial charge in [-0.3, -0.25) is 14.5 Å². The van der Waals surface area contributed by atoms with Crippen LogP contribution in [0.15, 0.2) is 53.4 Å². The number of amides is 2. The van der Waals surface area contributed by atoms with Gasteiger partial charge in [0.2, 0.25) is 4.96 Å². The summed E-state index contributed by atoms with van der Waals surface area (Å²) in [5.74, 6) is -0.727. The van der Waals surface area contributed by atoms with Crippen molar-refractivity contribution < 1.29 is 18.0 Å². The number of benzene rings is 2. The maximum Gasteiger partial charge on any atom is 0.264 e. The molecular weight excluding hydrogens is 450 g/mol. The van der Waals surface area contributed by atoms with Crippen molar-refractivity contribution in [2.45, 2.75) is 25.3 Å². The van der Waals surface area contributed by atoms with Gasteiger partial charge >= 0.3 is 0 Å². The van der Waals surface area contributed by atoms with Crippen LogP contribution in [0.1, 0.15) is 36.9 Å². The van der Waals surface area contributed by atoms with Crippen molar-refractivity contribution in [2.75, 3.05) is 4.72 Å². The number of carbonyl (C=O) groups is 2. The van der Waals surface area contributed by atoms with Crippen LogP contribution in [-0.2, 0) is 16.6 Å². The highest BCUT2D eigenvalue weighted by Gasteiger charge is 2.35. The lowest BCUT2D eigenvalue weighted by Gasteiger charge is -2.14. The van der Waals surface area contributed by atoms with E-state index in [0.29, 0.717) is 21.7 Å². The molecule has 0 saturated carbocycles. The van der Waals surface area contributed by atoms with Gasteiger partial charge in [-0.25, -0.2) is 17.7 Å². The largest absolute Gasteiger partial charge is 0.270 e. The molecule has 32 heavy (non-hydrogen) atoms. The third kappa shape index (κ3) is 3.26. The van der Waals surface area contributed by atoms with Crippen LogP contribution < -0.4 is 4.72 Å². The predicted octanol–water partition coefficient (Wildman–Crippen LogP) is 3.00. The Morgan fingerprint density at radius 2 is 1.59 bits per heavy atom. The molecular formula is C21H17N5O4S2. The Labute approximate surface area is 187 Å². The van der Waals surface area contributed by atoms with E-state index in [0.717, 1.165) is 15.5 Å². The lowest BCUT2D eigenvalue weighted by Crippen LogP contribution is -2.29. The highest BCUT2D eigenvalue weighted by Crippen LogP contribution is 2.25.